The van der Waals surface area contributed by atoms with Gasteiger partial charge in [0.05, 0.1) is 5.92 Å². The molecule has 1 N–H and O–H groups in total. The molecule has 0 radical (unpaired) electrons. The fourth-order valence-electron chi connectivity index (χ4n) is 0.671. The minimum Gasteiger partial charge on any atom is -0.481 e. The van der Waals surface area contributed by atoms with Crippen molar-refractivity contribution >= 4 is 22.8 Å². The van der Waals surface area contributed by atoms with Crippen molar-refractivity contribution < 1.29 is 14.7 Å². The van der Waals surface area contributed by atoms with Gasteiger partial charge >= 0.3 is 5.97 Å². The monoisotopic (exact) mass is 146 g/mol. The Hall–Kier alpha value is -0.510. The first kappa shape index (κ1) is 6.61. The van der Waals surface area contributed by atoms with Crippen molar-refractivity contribution in [2.75, 3.05) is 5.75 Å². The van der Waals surface area contributed by atoms with Gasteiger partial charge in [-0.2, -0.15) is 0 Å². The van der Waals surface area contributed by atoms with E-state index in [0.29, 0.717) is 5.75 Å². The minimum atomic E-state index is -0.853. The van der Waals surface area contributed by atoms with Gasteiger partial charge in [-0.25, -0.2) is 0 Å². The largest absolute Gasteiger partial charge is 0.481 e. The van der Waals surface area contributed by atoms with Gasteiger partial charge < -0.3 is 5.11 Å². The molecule has 1 fully saturated rings. The van der Waals surface area contributed by atoms with Gasteiger partial charge in [-0.3, -0.25) is 9.59 Å². The van der Waals surface area contributed by atoms with E-state index in [9.17, 15) is 9.59 Å². The maximum Gasteiger partial charge on any atom is 0.307 e. The van der Waals surface area contributed by atoms with Crippen molar-refractivity contribution in [1.29, 1.82) is 0 Å². The third-order valence-electron chi connectivity index (χ3n) is 1.21. The number of carbonyl (C=O) groups is 2. The third kappa shape index (κ3) is 1.45. The second kappa shape index (κ2) is 2.39. The summed E-state index contributed by atoms with van der Waals surface area (Å²) in [6.45, 7) is 0. The zero-order valence-corrected chi connectivity index (χ0v) is 5.48. The number of carbonyl (C=O) groups excluding carboxylic acids is 1. The molecule has 0 saturated carbocycles. The Labute approximate surface area is 56.4 Å². The molecule has 1 rings (SSSR count). The average molecular weight is 146 g/mol. The van der Waals surface area contributed by atoms with Crippen molar-refractivity contribution in [2.45, 2.75) is 6.42 Å². The van der Waals surface area contributed by atoms with Crippen LogP contribution < -0.4 is 0 Å². The van der Waals surface area contributed by atoms with Crippen LogP contribution in [-0.2, 0) is 9.59 Å². The summed E-state index contributed by atoms with van der Waals surface area (Å²) in [7, 11) is 0. The molecule has 0 bridgehead atoms. The third-order valence-corrected chi connectivity index (χ3v) is 2.27. The van der Waals surface area contributed by atoms with Gasteiger partial charge in [-0.05, 0) is 0 Å². The van der Waals surface area contributed by atoms with Crippen molar-refractivity contribution in [2.24, 2.45) is 5.92 Å². The van der Waals surface area contributed by atoms with Gasteiger partial charge in [0.2, 0.25) is 0 Å². The lowest BCUT2D eigenvalue weighted by molar-refractivity contribution is -0.141. The van der Waals surface area contributed by atoms with E-state index in [4.69, 9.17) is 5.11 Å². The van der Waals surface area contributed by atoms with E-state index in [2.05, 4.69) is 0 Å². The van der Waals surface area contributed by atoms with Crippen LogP contribution in [0.15, 0.2) is 0 Å². The van der Waals surface area contributed by atoms with Crippen LogP contribution in [-0.4, -0.2) is 21.9 Å². The lowest BCUT2D eigenvalue weighted by Crippen LogP contribution is -2.11. The molecule has 0 aromatic heterocycles. The Bertz CT molecular complexity index is 154. The van der Waals surface area contributed by atoms with E-state index in [-0.39, 0.29) is 11.5 Å². The lowest BCUT2D eigenvalue weighted by atomic mass is 10.1. The molecule has 1 saturated heterocycles. The summed E-state index contributed by atoms with van der Waals surface area (Å²) in [6, 6.07) is 0. The lowest BCUT2D eigenvalue weighted by Gasteiger charge is -1.95. The van der Waals surface area contributed by atoms with Crippen LogP contribution >= 0.6 is 11.8 Å². The van der Waals surface area contributed by atoms with E-state index in [0.717, 1.165) is 11.8 Å². The highest BCUT2D eigenvalue weighted by molar-refractivity contribution is 8.14. The van der Waals surface area contributed by atoms with Gasteiger partial charge in [-0.1, -0.05) is 11.8 Å². The van der Waals surface area contributed by atoms with Crippen LogP contribution in [0.25, 0.3) is 0 Å². The summed E-state index contributed by atoms with van der Waals surface area (Å²) in [5, 5.41) is 8.37. The molecule has 0 aromatic carbocycles. The van der Waals surface area contributed by atoms with Crippen LogP contribution in [0.3, 0.4) is 0 Å². The quantitative estimate of drug-likeness (QED) is 0.580. The van der Waals surface area contributed by atoms with Crippen LogP contribution in [0, 0.1) is 5.92 Å². The zero-order valence-electron chi connectivity index (χ0n) is 4.66. The number of carboxylic acids is 1. The summed E-state index contributed by atoms with van der Waals surface area (Å²) in [6.07, 6.45) is 0.208. The predicted octanol–water partition coefficient (Wildman–Crippen LogP) is 0.351. The van der Waals surface area contributed by atoms with Crippen molar-refractivity contribution in [3.63, 3.8) is 0 Å². The minimum absolute atomic E-state index is 0.00222. The van der Waals surface area contributed by atoms with Crippen molar-refractivity contribution in [1.82, 2.24) is 0 Å². The zero-order chi connectivity index (χ0) is 6.85. The Morgan fingerprint density at radius 2 is 2.44 bits per heavy atom. The molecule has 50 valence electrons. The Morgan fingerprint density at radius 1 is 1.78 bits per heavy atom. The molecule has 0 spiro atoms. The van der Waals surface area contributed by atoms with E-state index in [1.165, 1.54) is 0 Å². The molecule has 4 heteroatoms. The summed E-state index contributed by atoms with van der Waals surface area (Å²) in [4.78, 5) is 20.6. The SMILES string of the molecule is O=C1C[C@@H](C(=O)O)CS1. The highest BCUT2D eigenvalue weighted by Gasteiger charge is 2.28. The molecular weight excluding hydrogens is 140 g/mol. The first-order chi connectivity index (χ1) is 4.20. The smallest absolute Gasteiger partial charge is 0.307 e. The number of carboxylic acid groups (broad SMARTS) is 1. The fourth-order valence-corrected chi connectivity index (χ4v) is 1.64. The van der Waals surface area contributed by atoms with E-state index in [1.54, 1.807) is 0 Å². The summed E-state index contributed by atoms with van der Waals surface area (Å²) in [5.74, 6) is -0.829. The molecule has 9 heavy (non-hydrogen) atoms. The first-order valence-electron chi connectivity index (χ1n) is 2.58. The Balaban J connectivity index is 2.48. The summed E-state index contributed by atoms with van der Waals surface area (Å²) >= 11 is 1.11. The Morgan fingerprint density at radius 3 is 2.67 bits per heavy atom. The van der Waals surface area contributed by atoms with Crippen LogP contribution in [0.5, 0.6) is 0 Å². The average Bonchev–Trinajstić information content (AvgIpc) is 2.14. The first-order valence-corrected chi connectivity index (χ1v) is 3.57. The number of aliphatic carboxylic acids is 1. The summed E-state index contributed by atoms with van der Waals surface area (Å²) < 4.78 is 0. The number of rotatable bonds is 1. The normalized spacial score (nSPS) is 26.7. The van der Waals surface area contributed by atoms with Crippen LogP contribution in [0.1, 0.15) is 6.42 Å². The number of thioether (sulfide) groups is 1. The topological polar surface area (TPSA) is 54.4 Å². The molecule has 1 heterocycles. The van der Waals surface area contributed by atoms with Crippen LogP contribution in [0.4, 0.5) is 0 Å². The van der Waals surface area contributed by atoms with Gasteiger partial charge in [0.25, 0.3) is 0 Å². The van der Waals surface area contributed by atoms with Gasteiger partial charge in [0.15, 0.2) is 5.12 Å². The molecule has 3 nitrogen and oxygen atoms in total. The van der Waals surface area contributed by atoms with Crippen molar-refractivity contribution in [3.05, 3.63) is 0 Å². The summed E-state index contributed by atoms with van der Waals surface area (Å²) in [5.41, 5.74) is 0. The second-order valence-corrected chi connectivity index (χ2v) is 3.00. The predicted molar refractivity (Wildman–Crippen MR) is 33.2 cm³/mol. The Kier molecular flexibility index (Phi) is 1.75. The molecule has 1 atom stereocenters. The molecule has 0 unspecified atom stereocenters. The van der Waals surface area contributed by atoms with Crippen molar-refractivity contribution in [3.8, 4) is 0 Å². The molecule has 0 aromatic rings. The molecule has 0 aliphatic carbocycles. The van der Waals surface area contributed by atoms with E-state index >= 15 is 0 Å². The highest BCUT2D eigenvalue weighted by atomic mass is 32.2. The molecule has 0 amide bonds. The fraction of sp³-hybridized carbons (Fsp3) is 0.600. The van der Waals surface area contributed by atoms with Gasteiger partial charge in [0.1, 0.15) is 0 Å². The maximum absolute atomic E-state index is 10.5. The van der Waals surface area contributed by atoms with E-state index < -0.39 is 11.9 Å². The van der Waals surface area contributed by atoms with E-state index in [1.807, 2.05) is 0 Å². The maximum atomic E-state index is 10.5. The van der Waals surface area contributed by atoms with Gasteiger partial charge in [-0.15, -0.1) is 0 Å². The number of hydrogen-bond acceptors (Lipinski definition) is 3. The molecule has 1 aliphatic heterocycles. The highest BCUT2D eigenvalue weighted by Crippen LogP contribution is 2.24. The van der Waals surface area contributed by atoms with Crippen LogP contribution in [0.2, 0.25) is 0 Å². The number of hydrogen-bond donors (Lipinski definition) is 1. The molecular formula is C5H6O3S. The standard InChI is InChI=1S/C5H6O3S/c6-4-1-3(2-9-4)5(7)8/h3H,1-2H2,(H,7,8)/t3-/m1/s1. The molecule has 1 aliphatic rings. The second-order valence-electron chi connectivity index (χ2n) is 1.92. The van der Waals surface area contributed by atoms with Gasteiger partial charge in [0, 0.05) is 12.2 Å².